The van der Waals surface area contributed by atoms with Crippen molar-refractivity contribution in [3.05, 3.63) is 59.7 Å². The van der Waals surface area contributed by atoms with Crippen LogP contribution in [0.2, 0.25) is 0 Å². The van der Waals surface area contributed by atoms with Crippen molar-refractivity contribution in [3.8, 4) is 11.5 Å². The Kier molecular flexibility index (Phi) is 6.59. The maximum atomic E-state index is 12.4. The van der Waals surface area contributed by atoms with Crippen LogP contribution in [-0.2, 0) is 16.0 Å². The molecule has 0 bridgehead atoms. The highest BCUT2D eigenvalue weighted by Gasteiger charge is 2.23. The fourth-order valence-corrected chi connectivity index (χ4v) is 2.93. The van der Waals surface area contributed by atoms with Crippen LogP contribution in [-0.4, -0.2) is 54.3 Å². The van der Waals surface area contributed by atoms with E-state index in [9.17, 15) is 9.59 Å². The van der Waals surface area contributed by atoms with Crippen molar-refractivity contribution in [1.29, 1.82) is 0 Å². The van der Waals surface area contributed by atoms with Crippen molar-refractivity contribution in [2.45, 2.75) is 12.5 Å². The molecule has 2 amide bonds. The van der Waals surface area contributed by atoms with Crippen LogP contribution in [0.3, 0.4) is 0 Å². The quantitative estimate of drug-likeness (QED) is 0.511. The Labute approximate surface area is 162 Å². The highest BCUT2D eigenvalue weighted by molar-refractivity contribution is 5.93. The zero-order chi connectivity index (χ0) is 19.9. The maximum Gasteiger partial charge on any atom is 0.274 e. The molecule has 0 aromatic heterocycles. The summed E-state index contributed by atoms with van der Waals surface area (Å²) in [7, 11) is 0. The Morgan fingerprint density at radius 1 is 1.07 bits per heavy atom. The lowest BCUT2D eigenvalue weighted by Gasteiger charge is -2.29. The Morgan fingerprint density at radius 2 is 1.64 bits per heavy atom. The molecule has 1 aliphatic rings. The van der Waals surface area contributed by atoms with Gasteiger partial charge < -0.3 is 20.1 Å². The summed E-state index contributed by atoms with van der Waals surface area (Å²) in [5, 5.41) is 8.62. The lowest BCUT2D eigenvalue weighted by molar-refractivity contribution is -0.136. The van der Waals surface area contributed by atoms with E-state index in [0.717, 1.165) is 5.56 Å². The molecule has 1 fully saturated rings. The van der Waals surface area contributed by atoms with Gasteiger partial charge in [-0.2, -0.15) is 0 Å². The fourth-order valence-electron chi connectivity index (χ4n) is 2.93. The van der Waals surface area contributed by atoms with Gasteiger partial charge in [0.15, 0.2) is 0 Å². The molecule has 148 valence electrons. The number of amides is 2. The first-order chi connectivity index (χ1) is 13.6. The van der Waals surface area contributed by atoms with E-state index >= 15 is 0 Å². The number of carbonyl (C=O) groups is 2. The van der Waals surface area contributed by atoms with Crippen molar-refractivity contribution in [3.63, 3.8) is 0 Å². The first kappa shape index (κ1) is 19.8. The molecule has 8 heteroatoms. The van der Waals surface area contributed by atoms with Crippen molar-refractivity contribution < 1.29 is 24.3 Å². The number of carbonyl (C=O) groups excluding carboxylic acids is 2. The van der Waals surface area contributed by atoms with Gasteiger partial charge in [-0.05, 0) is 48.4 Å². The van der Waals surface area contributed by atoms with Gasteiger partial charge >= 0.3 is 0 Å². The molecule has 3 rings (SSSR count). The van der Waals surface area contributed by atoms with Crippen LogP contribution in [0.4, 0.5) is 0 Å². The molecule has 1 aliphatic heterocycles. The summed E-state index contributed by atoms with van der Waals surface area (Å²) >= 11 is 0. The zero-order valence-corrected chi connectivity index (χ0v) is 15.3. The van der Waals surface area contributed by atoms with Gasteiger partial charge in [-0.15, -0.1) is 0 Å². The Balaban J connectivity index is 1.55. The van der Waals surface area contributed by atoms with Crippen molar-refractivity contribution in [2.75, 3.05) is 26.3 Å². The minimum atomic E-state index is -0.588. The molecular weight excluding hydrogens is 362 g/mol. The van der Waals surface area contributed by atoms with Crippen molar-refractivity contribution in [2.24, 2.45) is 5.73 Å². The van der Waals surface area contributed by atoms with Crippen LogP contribution >= 0.6 is 0 Å². The second-order valence-corrected chi connectivity index (χ2v) is 6.46. The summed E-state index contributed by atoms with van der Waals surface area (Å²) in [6.45, 7) is 2.27. The molecule has 1 saturated heterocycles. The lowest BCUT2D eigenvalue weighted by Crippen LogP contribution is -2.49. The standard InChI is InChI=1S/C20H23N3O5/c21-18(20(25)23-9-11-27-12-10-23)13-14-1-5-16(6-2-14)28-17-7-3-15(4-8-17)19(24)22-26/h1-8,18,26H,9-13,21H2,(H,22,24). The van der Waals surface area contributed by atoms with Crippen LogP contribution in [0.5, 0.6) is 11.5 Å². The van der Waals surface area contributed by atoms with Crippen molar-refractivity contribution >= 4 is 11.8 Å². The Bertz CT molecular complexity index is 802. The monoisotopic (exact) mass is 385 g/mol. The molecule has 8 nitrogen and oxygen atoms in total. The number of morpholine rings is 1. The van der Waals surface area contributed by atoms with Gasteiger partial charge in [0.25, 0.3) is 5.91 Å². The van der Waals surface area contributed by atoms with Gasteiger partial charge in [0.1, 0.15) is 11.5 Å². The van der Waals surface area contributed by atoms with Crippen LogP contribution in [0.15, 0.2) is 48.5 Å². The zero-order valence-electron chi connectivity index (χ0n) is 15.3. The molecule has 2 aromatic rings. The number of hydroxylamine groups is 1. The van der Waals surface area contributed by atoms with Crippen LogP contribution in [0.1, 0.15) is 15.9 Å². The number of nitrogens with one attached hydrogen (secondary N) is 1. The Hall–Kier alpha value is -2.94. The predicted molar refractivity (Wildman–Crippen MR) is 101 cm³/mol. The Morgan fingerprint density at radius 3 is 2.21 bits per heavy atom. The third-order valence-electron chi connectivity index (χ3n) is 4.47. The molecule has 1 unspecified atom stereocenters. The molecule has 28 heavy (non-hydrogen) atoms. The van der Waals surface area contributed by atoms with E-state index in [0.29, 0.717) is 49.8 Å². The van der Waals surface area contributed by atoms with E-state index in [2.05, 4.69) is 0 Å². The first-order valence-corrected chi connectivity index (χ1v) is 9.00. The highest BCUT2D eigenvalue weighted by atomic mass is 16.5. The lowest BCUT2D eigenvalue weighted by atomic mass is 10.1. The second kappa shape index (κ2) is 9.32. The average molecular weight is 385 g/mol. The summed E-state index contributed by atoms with van der Waals surface area (Å²) in [4.78, 5) is 25.4. The van der Waals surface area contributed by atoms with Crippen molar-refractivity contribution in [1.82, 2.24) is 10.4 Å². The fraction of sp³-hybridized carbons (Fsp3) is 0.300. The molecular formula is C20H23N3O5. The molecule has 2 aromatic carbocycles. The first-order valence-electron chi connectivity index (χ1n) is 9.00. The molecule has 1 heterocycles. The van der Waals surface area contributed by atoms with Crippen LogP contribution < -0.4 is 16.0 Å². The summed E-state index contributed by atoms with van der Waals surface area (Å²) < 4.78 is 11.0. The van der Waals surface area contributed by atoms with E-state index in [1.54, 1.807) is 46.8 Å². The number of rotatable bonds is 6. The van der Waals surface area contributed by atoms with E-state index in [1.807, 2.05) is 12.1 Å². The maximum absolute atomic E-state index is 12.4. The van der Waals surface area contributed by atoms with E-state index < -0.39 is 11.9 Å². The number of benzene rings is 2. The third-order valence-corrected chi connectivity index (χ3v) is 4.47. The van der Waals surface area contributed by atoms with Crippen LogP contribution in [0.25, 0.3) is 0 Å². The van der Waals surface area contributed by atoms with E-state index in [4.69, 9.17) is 20.4 Å². The van der Waals surface area contributed by atoms with Gasteiger partial charge in [-0.25, -0.2) is 5.48 Å². The summed E-state index contributed by atoms with van der Waals surface area (Å²) in [6, 6.07) is 13.1. The highest BCUT2D eigenvalue weighted by Crippen LogP contribution is 2.22. The van der Waals surface area contributed by atoms with Gasteiger partial charge in [0, 0.05) is 18.7 Å². The molecule has 0 spiro atoms. The smallest absolute Gasteiger partial charge is 0.274 e. The molecule has 0 radical (unpaired) electrons. The van der Waals surface area contributed by atoms with Gasteiger partial charge in [-0.3, -0.25) is 14.8 Å². The van der Waals surface area contributed by atoms with E-state index in [-0.39, 0.29) is 5.91 Å². The predicted octanol–water partition coefficient (Wildman–Crippen LogP) is 1.33. The van der Waals surface area contributed by atoms with Crippen LogP contribution in [0, 0.1) is 0 Å². The number of nitrogens with zero attached hydrogens (tertiary/aromatic N) is 1. The number of nitrogens with two attached hydrogens (primary N) is 1. The number of hydrogen-bond acceptors (Lipinski definition) is 6. The molecule has 0 saturated carbocycles. The third kappa shape index (κ3) is 5.07. The van der Waals surface area contributed by atoms with Gasteiger partial charge in [0.2, 0.25) is 5.91 Å². The molecule has 1 atom stereocenters. The second-order valence-electron chi connectivity index (χ2n) is 6.46. The summed E-state index contributed by atoms with van der Waals surface area (Å²) in [5.41, 5.74) is 8.92. The van der Waals surface area contributed by atoms with E-state index in [1.165, 1.54) is 0 Å². The largest absolute Gasteiger partial charge is 0.457 e. The normalized spacial score (nSPS) is 15.0. The topological polar surface area (TPSA) is 114 Å². The molecule has 0 aliphatic carbocycles. The minimum Gasteiger partial charge on any atom is -0.457 e. The van der Waals surface area contributed by atoms with Gasteiger partial charge in [-0.1, -0.05) is 12.1 Å². The SMILES string of the molecule is NC(Cc1ccc(Oc2ccc(C(=O)NO)cc2)cc1)C(=O)N1CCOCC1. The number of hydrogen-bond donors (Lipinski definition) is 3. The van der Waals surface area contributed by atoms with Gasteiger partial charge in [0.05, 0.1) is 19.3 Å². The summed E-state index contributed by atoms with van der Waals surface area (Å²) in [6.07, 6.45) is 0.446. The minimum absolute atomic E-state index is 0.0596. The summed E-state index contributed by atoms with van der Waals surface area (Å²) in [5.74, 6) is 0.534. The molecule has 4 N–H and O–H groups in total. The average Bonchev–Trinajstić information content (AvgIpc) is 2.75. The number of ether oxygens (including phenoxy) is 2.